The molecular weight excluding hydrogens is 901 g/mol. The lowest BCUT2D eigenvalue weighted by Gasteiger charge is -2.36. The minimum atomic E-state index is -0.770. The highest BCUT2D eigenvalue weighted by Crippen LogP contribution is 2.36. The van der Waals surface area contributed by atoms with Crippen LogP contribution in [0, 0.1) is 22.7 Å². The number of likely N-dealkylation sites (tertiary alicyclic amines) is 2. The van der Waals surface area contributed by atoms with Gasteiger partial charge in [-0.15, -0.1) is 0 Å². The topological polar surface area (TPSA) is 157 Å². The van der Waals surface area contributed by atoms with Gasteiger partial charge in [0, 0.05) is 66.6 Å². The van der Waals surface area contributed by atoms with Crippen molar-refractivity contribution in [3.63, 3.8) is 0 Å². The Labute approximate surface area is 426 Å². The van der Waals surface area contributed by atoms with E-state index in [1.165, 1.54) is 0 Å². The Morgan fingerprint density at radius 3 is 1.47 bits per heavy atom. The van der Waals surface area contributed by atoms with Gasteiger partial charge in [0.15, 0.2) is 0 Å². The average Bonchev–Trinajstić information content (AvgIpc) is 3.95. The van der Waals surface area contributed by atoms with E-state index in [4.69, 9.17) is 0 Å². The molecule has 12 heteroatoms. The zero-order valence-electron chi connectivity index (χ0n) is 44.0. The first-order valence-corrected chi connectivity index (χ1v) is 25.9. The molecule has 12 nitrogen and oxygen atoms in total. The Kier molecular flexibility index (Phi) is 16.7. The first-order chi connectivity index (χ1) is 34.2. The molecule has 0 aliphatic carbocycles. The van der Waals surface area contributed by atoms with Crippen molar-refractivity contribution in [2.45, 2.75) is 137 Å². The molecule has 0 spiro atoms. The van der Waals surface area contributed by atoms with E-state index in [1.54, 1.807) is 31.3 Å². The van der Waals surface area contributed by atoms with Gasteiger partial charge < -0.3 is 31.1 Å². The number of amides is 5. The predicted octanol–water partition coefficient (Wildman–Crippen LogP) is 8.68. The van der Waals surface area contributed by atoms with Gasteiger partial charge in [-0.05, 0) is 114 Å². The van der Waals surface area contributed by atoms with Gasteiger partial charge in [0.1, 0.15) is 11.8 Å². The third-order valence-corrected chi connectivity index (χ3v) is 15.3. The summed E-state index contributed by atoms with van der Waals surface area (Å²) >= 11 is 0. The summed E-state index contributed by atoms with van der Waals surface area (Å²) in [5, 5.41) is 17.0. The molecule has 7 rings (SSSR count). The third kappa shape index (κ3) is 12.4. The Hall–Kier alpha value is -6.40. The van der Waals surface area contributed by atoms with Crippen molar-refractivity contribution in [1.82, 2.24) is 31.1 Å². The Balaban J connectivity index is 1.07. The number of hydrogen-bond acceptors (Lipinski definition) is 7. The van der Waals surface area contributed by atoms with Crippen molar-refractivity contribution in [3.05, 3.63) is 131 Å². The highest BCUT2D eigenvalue weighted by atomic mass is 16.2. The highest BCUT2D eigenvalue weighted by molar-refractivity contribution is 5.98. The summed E-state index contributed by atoms with van der Waals surface area (Å²) in [6.45, 7) is 18.1. The number of hydrogen-bond donors (Lipinski definition) is 4. The number of fused-ring (bicyclic) bond motifs is 2. The normalized spacial score (nSPS) is 19.9. The summed E-state index contributed by atoms with van der Waals surface area (Å²) in [6.07, 6.45) is 2.97. The molecule has 382 valence electrons. The molecule has 5 aromatic carbocycles. The van der Waals surface area contributed by atoms with Crippen molar-refractivity contribution in [2.75, 3.05) is 20.1 Å². The molecule has 5 amide bonds. The van der Waals surface area contributed by atoms with Gasteiger partial charge in [-0.1, -0.05) is 140 Å². The zero-order valence-corrected chi connectivity index (χ0v) is 44.0. The van der Waals surface area contributed by atoms with E-state index in [2.05, 4.69) is 69.8 Å². The second-order valence-corrected chi connectivity index (χ2v) is 22.6. The second-order valence-electron chi connectivity index (χ2n) is 22.6. The van der Waals surface area contributed by atoms with Crippen LogP contribution in [0.25, 0.3) is 21.5 Å². The molecule has 2 saturated heterocycles. The highest BCUT2D eigenvalue weighted by Gasteiger charge is 2.45. The van der Waals surface area contributed by atoms with E-state index in [1.807, 2.05) is 109 Å². The van der Waals surface area contributed by atoms with Gasteiger partial charge in [-0.25, -0.2) is 0 Å². The van der Waals surface area contributed by atoms with Crippen LogP contribution < -0.4 is 21.3 Å². The lowest BCUT2D eigenvalue weighted by atomic mass is 9.76. The Morgan fingerprint density at radius 2 is 1.04 bits per heavy atom. The zero-order chi connectivity index (χ0) is 52.1. The number of nitrogens with zero attached hydrogens (tertiary/aromatic N) is 2. The molecule has 8 atom stereocenters. The molecule has 4 N–H and O–H groups in total. The minimum absolute atomic E-state index is 0.0210. The number of nitrogens with one attached hydrogen (secondary N) is 4. The van der Waals surface area contributed by atoms with E-state index in [0.29, 0.717) is 49.8 Å². The fraction of sp³-hybridized carbons (Fsp3) is 0.467. The van der Waals surface area contributed by atoms with Crippen LogP contribution in [-0.2, 0) is 32.0 Å². The number of benzene rings is 5. The Bertz CT molecular complexity index is 2580. The van der Waals surface area contributed by atoms with Gasteiger partial charge in [0.05, 0.1) is 6.04 Å². The maximum atomic E-state index is 14.7. The van der Waals surface area contributed by atoms with E-state index in [0.717, 1.165) is 32.7 Å². The molecule has 2 aliphatic rings. The smallest absolute Gasteiger partial charge is 0.251 e. The van der Waals surface area contributed by atoms with Gasteiger partial charge in [-0.2, -0.15) is 0 Å². The van der Waals surface area contributed by atoms with Crippen LogP contribution >= 0.6 is 0 Å². The maximum absolute atomic E-state index is 14.7. The SMILES string of the molecule is CC[C@@H](C)C(=O)N[C@H](C(=O)N1C[C@@H](NC(=O)c2ccc(C(=O)N[C@H]3C[C@@H](Cc4cccc5ccccc45)N(C(=O)[C@@H](CC(=O)[C@H](C)NC)C(C)(C)C)C3)cc2)C[C@H]1Cc1cccc2ccccc12)C(C)(C)C. The summed E-state index contributed by atoms with van der Waals surface area (Å²) < 4.78 is 0. The van der Waals surface area contributed by atoms with Gasteiger partial charge in [0.25, 0.3) is 11.8 Å². The first kappa shape index (κ1) is 53.4. The van der Waals surface area contributed by atoms with E-state index in [-0.39, 0.29) is 84.4 Å². The van der Waals surface area contributed by atoms with E-state index < -0.39 is 22.8 Å². The fourth-order valence-corrected chi connectivity index (χ4v) is 10.5. The third-order valence-electron chi connectivity index (χ3n) is 15.3. The summed E-state index contributed by atoms with van der Waals surface area (Å²) in [4.78, 5) is 87.7. The number of carbonyl (C=O) groups is 6. The van der Waals surface area contributed by atoms with Crippen molar-refractivity contribution in [3.8, 4) is 0 Å². The quantitative estimate of drug-likeness (QED) is 0.0727. The summed E-state index contributed by atoms with van der Waals surface area (Å²) in [5.41, 5.74) is 1.90. The molecule has 5 aromatic rings. The number of carbonyl (C=O) groups excluding carboxylic acids is 6. The molecule has 2 heterocycles. The average molecular weight is 977 g/mol. The molecule has 0 saturated carbocycles. The van der Waals surface area contributed by atoms with Crippen LogP contribution in [-0.4, -0.2) is 102 Å². The van der Waals surface area contributed by atoms with Crippen LogP contribution in [0.2, 0.25) is 0 Å². The van der Waals surface area contributed by atoms with Gasteiger partial charge in [0.2, 0.25) is 17.7 Å². The lowest BCUT2D eigenvalue weighted by Crippen LogP contribution is -2.57. The molecule has 72 heavy (non-hydrogen) atoms. The van der Waals surface area contributed by atoms with Crippen molar-refractivity contribution >= 4 is 56.9 Å². The van der Waals surface area contributed by atoms with Crippen LogP contribution in [0.15, 0.2) is 109 Å². The number of Topliss-reactive ketones (excluding diaryl/α,β-unsaturated/α-hetero) is 1. The number of ketones is 1. The molecule has 0 radical (unpaired) electrons. The monoisotopic (exact) mass is 977 g/mol. The molecule has 2 fully saturated rings. The fourth-order valence-electron chi connectivity index (χ4n) is 10.5. The minimum Gasteiger partial charge on any atom is -0.347 e. The van der Waals surface area contributed by atoms with Crippen LogP contribution in [0.5, 0.6) is 0 Å². The van der Waals surface area contributed by atoms with Gasteiger partial charge >= 0.3 is 0 Å². The maximum Gasteiger partial charge on any atom is 0.251 e. The lowest BCUT2D eigenvalue weighted by molar-refractivity contribution is -0.143. The van der Waals surface area contributed by atoms with Crippen LogP contribution in [0.1, 0.15) is 120 Å². The first-order valence-electron chi connectivity index (χ1n) is 25.9. The van der Waals surface area contributed by atoms with Crippen LogP contribution in [0.4, 0.5) is 0 Å². The summed E-state index contributed by atoms with van der Waals surface area (Å²) in [7, 11) is 1.74. The molecular formula is C60H76N6O6. The van der Waals surface area contributed by atoms with Crippen molar-refractivity contribution in [1.29, 1.82) is 0 Å². The molecule has 0 aromatic heterocycles. The predicted molar refractivity (Wildman–Crippen MR) is 286 cm³/mol. The van der Waals surface area contributed by atoms with Gasteiger partial charge in [-0.3, -0.25) is 28.8 Å². The molecule has 0 bridgehead atoms. The largest absolute Gasteiger partial charge is 0.347 e. The second kappa shape index (κ2) is 22.6. The standard InChI is InChI=1S/C60H76N6O6/c1-11-37(2)54(68)64-53(60(7,8)9)58(72)66-36-46(33-48(66)31-44-23-17-21-40-19-13-15-25-50(40)44)63-56(70)42-28-26-41(27-29-42)55(69)62-45-32-47(30-43-22-16-20-39-18-12-14-24-49(39)43)65(35-45)57(71)51(59(4,5)6)34-52(67)38(3)61-10/h12-29,37-38,45-48,51,53,61H,11,30-36H2,1-10H3,(H,62,69)(H,63,70)(H,64,68)/t37-,38+,45+,46+,47-,48-,51-,53-/m1/s1. The molecule has 0 unspecified atom stereocenters. The van der Waals surface area contributed by atoms with Crippen LogP contribution in [0.3, 0.4) is 0 Å². The molecule has 2 aliphatic heterocycles. The van der Waals surface area contributed by atoms with Crippen molar-refractivity contribution < 1.29 is 28.8 Å². The number of likely N-dealkylation sites (N-methyl/N-ethyl adjacent to an activating group) is 1. The summed E-state index contributed by atoms with van der Waals surface area (Å²) in [6, 6.07) is 33.0. The van der Waals surface area contributed by atoms with E-state index in [9.17, 15) is 28.8 Å². The summed E-state index contributed by atoms with van der Waals surface area (Å²) in [5.74, 6) is -1.88. The Morgan fingerprint density at radius 1 is 0.597 bits per heavy atom. The van der Waals surface area contributed by atoms with E-state index >= 15 is 0 Å². The van der Waals surface area contributed by atoms with Crippen molar-refractivity contribution in [2.24, 2.45) is 22.7 Å². The number of rotatable bonds is 17.